The van der Waals surface area contributed by atoms with Gasteiger partial charge in [-0.15, -0.1) is 0 Å². The number of nitrogens with one attached hydrogen (secondary N) is 2. The van der Waals surface area contributed by atoms with Crippen molar-refractivity contribution in [2.75, 3.05) is 24.6 Å². The van der Waals surface area contributed by atoms with Crippen LogP contribution in [0.25, 0.3) is 0 Å². The number of anilines is 1. The van der Waals surface area contributed by atoms with Crippen LogP contribution in [0.4, 0.5) is 19.8 Å². The summed E-state index contributed by atoms with van der Waals surface area (Å²) in [6, 6.07) is 8.46. The van der Waals surface area contributed by atoms with Crippen LogP contribution in [-0.4, -0.2) is 60.4 Å². The molecule has 2 heterocycles. The van der Waals surface area contributed by atoms with Crippen molar-refractivity contribution < 1.29 is 37.8 Å². The lowest BCUT2D eigenvalue weighted by Crippen LogP contribution is -2.51. The molecular formula is C32H41FN4O7. The van der Waals surface area contributed by atoms with E-state index in [-0.39, 0.29) is 37.5 Å². The zero-order valence-electron chi connectivity index (χ0n) is 25.7. The first-order valence-corrected chi connectivity index (χ1v) is 15.0. The fraction of sp³-hybridized carbons (Fsp3) is 0.531. The van der Waals surface area contributed by atoms with Crippen molar-refractivity contribution in [2.24, 2.45) is 11.8 Å². The molecule has 238 valence electrons. The zero-order valence-corrected chi connectivity index (χ0v) is 25.7. The summed E-state index contributed by atoms with van der Waals surface area (Å²) in [5, 5.41) is 5.16. The number of aryl methyl sites for hydroxylation is 1. The van der Waals surface area contributed by atoms with Gasteiger partial charge < -0.3 is 24.8 Å². The minimum absolute atomic E-state index is 0.0971. The molecule has 1 atom stereocenters. The van der Waals surface area contributed by atoms with E-state index in [0.29, 0.717) is 37.2 Å². The molecular weight excluding hydrogens is 571 g/mol. The molecule has 11 nitrogen and oxygen atoms in total. The van der Waals surface area contributed by atoms with Crippen LogP contribution in [0.3, 0.4) is 0 Å². The van der Waals surface area contributed by atoms with Crippen molar-refractivity contribution in [1.82, 2.24) is 15.6 Å². The van der Waals surface area contributed by atoms with Crippen LogP contribution in [0.15, 0.2) is 36.4 Å². The Morgan fingerprint density at radius 2 is 1.89 bits per heavy atom. The van der Waals surface area contributed by atoms with Crippen LogP contribution in [0.5, 0.6) is 0 Å². The molecule has 0 saturated heterocycles. The van der Waals surface area contributed by atoms with Gasteiger partial charge in [0.1, 0.15) is 29.9 Å². The third kappa shape index (κ3) is 9.14. The van der Waals surface area contributed by atoms with Crippen molar-refractivity contribution >= 4 is 29.9 Å². The Morgan fingerprint density at radius 3 is 2.59 bits per heavy atom. The SMILES string of the molecule is CCOC(=O)C(CNC(=O)C1CC(Cc2ccc3c(n2)N(C(=O)OC(C)(C)C)CCC3)C1)NC(=O)OCc1cccc(F)c1. The lowest BCUT2D eigenvalue weighted by molar-refractivity contribution is -0.145. The average molecular weight is 613 g/mol. The predicted octanol–water partition coefficient (Wildman–Crippen LogP) is 4.45. The molecule has 1 unspecified atom stereocenters. The van der Waals surface area contributed by atoms with E-state index in [9.17, 15) is 23.6 Å². The highest BCUT2D eigenvalue weighted by Crippen LogP contribution is 2.37. The van der Waals surface area contributed by atoms with E-state index >= 15 is 0 Å². The minimum Gasteiger partial charge on any atom is -0.464 e. The molecule has 1 saturated carbocycles. The van der Waals surface area contributed by atoms with Gasteiger partial charge in [-0.25, -0.2) is 23.8 Å². The van der Waals surface area contributed by atoms with Crippen LogP contribution < -0.4 is 15.5 Å². The van der Waals surface area contributed by atoms with E-state index in [1.807, 2.05) is 32.9 Å². The third-order valence-electron chi connectivity index (χ3n) is 7.42. The van der Waals surface area contributed by atoms with Gasteiger partial charge in [0.05, 0.1) is 6.61 Å². The number of aromatic nitrogens is 1. The maximum atomic E-state index is 13.4. The molecule has 4 rings (SSSR count). The number of benzene rings is 1. The maximum Gasteiger partial charge on any atom is 0.416 e. The zero-order chi connectivity index (χ0) is 31.9. The van der Waals surface area contributed by atoms with E-state index in [0.717, 1.165) is 24.1 Å². The summed E-state index contributed by atoms with van der Waals surface area (Å²) in [6.07, 6.45) is 2.35. The van der Waals surface area contributed by atoms with Crippen LogP contribution in [-0.2, 0) is 43.2 Å². The predicted molar refractivity (Wildman–Crippen MR) is 159 cm³/mol. The van der Waals surface area contributed by atoms with Crippen LogP contribution in [0.2, 0.25) is 0 Å². The second-order valence-electron chi connectivity index (χ2n) is 12.2. The van der Waals surface area contributed by atoms with E-state index in [2.05, 4.69) is 10.6 Å². The highest BCUT2D eigenvalue weighted by atomic mass is 19.1. The number of nitrogens with zero attached hydrogens (tertiary/aromatic N) is 2. The second-order valence-corrected chi connectivity index (χ2v) is 12.2. The normalized spacial score (nSPS) is 18.2. The van der Waals surface area contributed by atoms with Crippen LogP contribution in [0, 0.1) is 17.7 Å². The molecule has 1 aromatic heterocycles. The highest BCUT2D eigenvalue weighted by Gasteiger charge is 2.36. The second kappa shape index (κ2) is 14.5. The smallest absolute Gasteiger partial charge is 0.416 e. The molecule has 0 radical (unpaired) electrons. The Labute approximate surface area is 256 Å². The molecule has 2 aromatic rings. The van der Waals surface area contributed by atoms with Gasteiger partial charge in [0.2, 0.25) is 5.91 Å². The van der Waals surface area contributed by atoms with Crippen LogP contribution >= 0.6 is 0 Å². The maximum absolute atomic E-state index is 13.4. The summed E-state index contributed by atoms with van der Waals surface area (Å²) in [4.78, 5) is 56.8. The molecule has 0 spiro atoms. The lowest BCUT2D eigenvalue weighted by Gasteiger charge is -2.35. The molecule has 1 aliphatic heterocycles. The number of esters is 1. The van der Waals surface area contributed by atoms with E-state index in [4.69, 9.17) is 19.2 Å². The van der Waals surface area contributed by atoms with Gasteiger partial charge in [0.15, 0.2) is 0 Å². The number of fused-ring (bicyclic) bond motifs is 1. The molecule has 2 N–H and O–H groups in total. The molecule has 1 fully saturated rings. The number of hydrogen-bond acceptors (Lipinski definition) is 8. The summed E-state index contributed by atoms with van der Waals surface area (Å²) in [5.74, 6) is -0.740. The molecule has 1 aliphatic carbocycles. The van der Waals surface area contributed by atoms with E-state index in [1.165, 1.54) is 18.2 Å². The summed E-state index contributed by atoms with van der Waals surface area (Å²) >= 11 is 0. The Bertz CT molecular complexity index is 1360. The number of pyridine rings is 1. The minimum atomic E-state index is -1.15. The first kappa shape index (κ1) is 32.7. The standard InChI is InChI=1S/C32H41FN4O7/c1-5-42-29(39)26(36-30(40)43-19-20-8-6-10-24(33)16-20)18-34-28(38)23-14-21(15-23)17-25-12-11-22-9-7-13-37(27(22)35-25)31(41)44-32(2,3)4/h6,8,10-12,16,21,23,26H,5,7,9,13-15,17-19H2,1-4H3,(H,34,38)(H,36,40). The van der Waals surface area contributed by atoms with E-state index < -0.39 is 35.6 Å². The van der Waals surface area contributed by atoms with Crippen molar-refractivity contribution in [3.05, 3.63) is 59.0 Å². The van der Waals surface area contributed by atoms with Crippen molar-refractivity contribution in [3.63, 3.8) is 0 Å². The monoisotopic (exact) mass is 612 g/mol. The van der Waals surface area contributed by atoms with Gasteiger partial charge in [-0.2, -0.15) is 0 Å². The number of carbonyl (C=O) groups is 4. The largest absolute Gasteiger partial charge is 0.464 e. The van der Waals surface area contributed by atoms with Gasteiger partial charge in [0.25, 0.3) is 0 Å². The number of alkyl carbamates (subject to hydrolysis) is 1. The summed E-state index contributed by atoms with van der Waals surface area (Å²) in [6.45, 7) is 7.44. The topological polar surface area (TPSA) is 136 Å². The fourth-order valence-corrected chi connectivity index (χ4v) is 5.24. The molecule has 0 bridgehead atoms. The Kier molecular flexibility index (Phi) is 10.8. The average Bonchev–Trinajstić information content (AvgIpc) is 2.94. The number of hydrogen-bond donors (Lipinski definition) is 2. The quantitative estimate of drug-likeness (QED) is 0.297. The first-order chi connectivity index (χ1) is 20.9. The Morgan fingerprint density at radius 1 is 1.11 bits per heavy atom. The number of ether oxygens (including phenoxy) is 3. The van der Waals surface area contributed by atoms with Gasteiger partial charge in [-0.05, 0) is 95.0 Å². The van der Waals surface area contributed by atoms with Crippen molar-refractivity contribution in [1.29, 1.82) is 0 Å². The Hall–Kier alpha value is -4.22. The summed E-state index contributed by atoms with van der Waals surface area (Å²) < 4.78 is 29.1. The highest BCUT2D eigenvalue weighted by molar-refractivity contribution is 5.88. The number of rotatable bonds is 10. The number of carbonyl (C=O) groups excluding carboxylic acids is 4. The van der Waals surface area contributed by atoms with Crippen LogP contribution in [0.1, 0.15) is 63.8 Å². The van der Waals surface area contributed by atoms with E-state index in [1.54, 1.807) is 17.9 Å². The lowest BCUT2D eigenvalue weighted by atomic mass is 9.72. The summed E-state index contributed by atoms with van der Waals surface area (Å²) in [5.41, 5.74) is 1.71. The van der Waals surface area contributed by atoms with Gasteiger partial charge in [-0.3, -0.25) is 9.69 Å². The molecule has 2 aliphatic rings. The Balaban J connectivity index is 1.26. The number of amides is 3. The number of halogens is 1. The molecule has 12 heteroatoms. The fourth-order valence-electron chi connectivity index (χ4n) is 5.24. The molecule has 3 amide bonds. The third-order valence-corrected chi connectivity index (χ3v) is 7.42. The molecule has 44 heavy (non-hydrogen) atoms. The summed E-state index contributed by atoms with van der Waals surface area (Å²) in [7, 11) is 0. The van der Waals surface area contributed by atoms with Gasteiger partial charge in [-0.1, -0.05) is 18.2 Å². The van der Waals surface area contributed by atoms with Gasteiger partial charge >= 0.3 is 18.2 Å². The van der Waals surface area contributed by atoms with Gasteiger partial charge in [0, 0.05) is 24.7 Å². The van der Waals surface area contributed by atoms with Crippen molar-refractivity contribution in [3.8, 4) is 0 Å². The first-order valence-electron chi connectivity index (χ1n) is 15.0. The molecule has 1 aromatic carbocycles. The van der Waals surface area contributed by atoms with Crippen molar-refractivity contribution in [2.45, 2.75) is 78.0 Å².